The molecule has 1 rings (SSSR count). The van der Waals surface area contributed by atoms with Gasteiger partial charge in [0.1, 0.15) is 5.82 Å². The van der Waals surface area contributed by atoms with Crippen molar-refractivity contribution in [3.8, 4) is 0 Å². The quantitative estimate of drug-likeness (QED) is 0.748. The first-order valence-electron chi connectivity index (χ1n) is 6.28. The third-order valence-corrected chi connectivity index (χ3v) is 4.00. The molecule has 0 amide bonds. The largest absolute Gasteiger partial charge is 0.396 e. The Bertz CT molecular complexity index is 371. The summed E-state index contributed by atoms with van der Waals surface area (Å²) in [6.07, 6.45) is 0. The van der Waals surface area contributed by atoms with Crippen LogP contribution in [0.2, 0.25) is 0 Å². The fourth-order valence-electron chi connectivity index (χ4n) is 1.43. The topological polar surface area (TPSA) is 32.3 Å². The Morgan fingerprint density at radius 3 is 2.67 bits per heavy atom. The van der Waals surface area contributed by atoms with Crippen molar-refractivity contribution in [2.24, 2.45) is 5.92 Å². The molecular formula is C14H22FNOS. The molecule has 2 nitrogen and oxygen atoms in total. The molecule has 0 saturated heterocycles. The first kappa shape index (κ1) is 15.5. The van der Waals surface area contributed by atoms with E-state index >= 15 is 0 Å². The molecule has 0 aliphatic carbocycles. The summed E-state index contributed by atoms with van der Waals surface area (Å²) in [5.41, 5.74) is 0.985. The normalized spacial score (nSPS) is 13.0. The molecule has 4 heteroatoms. The molecule has 0 fully saturated rings. The van der Waals surface area contributed by atoms with E-state index < -0.39 is 0 Å². The van der Waals surface area contributed by atoms with Crippen LogP contribution < -0.4 is 5.32 Å². The van der Waals surface area contributed by atoms with Crippen molar-refractivity contribution in [2.45, 2.75) is 38.3 Å². The Labute approximate surface area is 113 Å². The smallest absolute Gasteiger partial charge is 0.123 e. The van der Waals surface area contributed by atoms with Crippen LogP contribution in [0.15, 0.2) is 23.1 Å². The average Bonchev–Trinajstić information content (AvgIpc) is 2.34. The van der Waals surface area contributed by atoms with Crippen molar-refractivity contribution in [2.75, 3.05) is 12.4 Å². The molecule has 0 saturated carbocycles. The highest BCUT2D eigenvalue weighted by atomic mass is 32.2. The average molecular weight is 271 g/mol. The van der Waals surface area contributed by atoms with Crippen molar-refractivity contribution in [3.63, 3.8) is 0 Å². The van der Waals surface area contributed by atoms with E-state index in [-0.39, 0.29) is 18.3 Å². The van der Waals surface area contributed by atoms with Crippen molar-refractivity contribution >= 4 is 11.8 Å². The van der Waals surface area contributed by atoms with Gasteiger partial charge in [0.05, 0.1) is 0 Å². The molecular weight excluding hydrogens is 249 g/mol. The van der Waals surface area contributed by atoms with Crippen LogP contribution in [0.4, 0.5) is 4.39 Å². The van der Waals surface area contributed by atoms with Crippen LogP contribution >= 0.6 is 11.8 Å². The van der Waals surface area contributed by atoms with Crippen LogP contribution in [-0.2, 0) is 6.54 Å². The van der Waals surface area contributed by atoms with Crippen LogP contribution in [0.1, 0.15) is 26.3 Å². The third-order valence-electron chi connectivity index (χ3n) is 2.56. The van der Waals surface area contributed by atoms with E-state index in [0.717, 1.165) is 16.2 Å². The Kier molecular flexibility index (Phi) is 6.68. The van der Waals surface area contributed by atoms with E-state index in [1.807, 2.05) is 13.0 Å². The van der Waals surface area contributed by atoms with Gasteiger partial charge < -0.3 is 10.4 Å². The van der Waals surface area contributed by atoms with Gasteiger partial charge in [-0.3, -0.25) is 0 Å². The van der Waals surface area contributed by atoms with E-state index in [2.05, 4.69) is 19.2 Å². The first-order chi connectivity index (χ1) is 8.52. The van der Waals surface area contributed by atoms with Crippen LogP contribution in [0.25, 0.3) is 0 Å². The summed E-state index contributed by atoms with van der Waals surface area (Å²) in [5, 5.41) is 12.3. The number of thioether (sulfide) groups is 1. The molecule has 102 valence electrons. The fourth-order valence-corrected chi connectivity index (χ4v) is 2.48. The molecule has 18 heavy (non-hydrogen) atoms. The lowest BCUT2D eigenvalue weighted by Crippen LogP contribution is -2.22. The molecule has 0 heterocycles. The van der Waals surface area contributed by atoms with E-state index in [1.54, 1.807) is 17.8 Å². The summed E-state index contributed by atoms with van der Waals surface area (Å²) in [6, 6.07) is 5.27. The third kappa shape index (κ3) is 5.38. The number of nitrogens with one attached hydrogen (secondary N) is 1. The lowest BCUT2D eigenvalue weighted by molar-refractivity contribution is 0.250. The Morgan fingerprint density at radius 2 is 2.06 bits per heavy atom. The second-order valence-corrected chi connectivity index (χ2v) is 5.95. The molecule has 1 unspecified atom stereocenters. The Morgan fingerprint density at radius 1 is 1.33 bits per heavy atom. The SMILES string of the molecule is CC(CO)CSc1ccc(F)cc1CNC(C)C. The highest BCUT2D eigenvalue weighted by molar-refractivity contribution is 7.99. The number of hydrogen-bond donors (Lipinski definition) is 2. The summed E-state index contributed by atoms with van der Waals surface area (Å²) in [5.74, 6) is 0.901. The fraction of sp³-hybridized carbons (Fsp3) is 0.571. The van der Waals surface area contributed by atoms with E-state index in [9.17, 15) is 4.39 Å². The predicted octanol–water partition coefficient (Wildman–Crippen LogP) is 3.04. The van der Waals surface area contributed by atoms with Gasteiger partial charge in [-0.15, -0.1) is 11.8 Å². The van der Waals surface area contributed by atoms with Crippen molar-refractivity contribution < 1.29 is 9.50 Å². The van der Waals surface area contributed by atoms with Gasteiger partial charge in [0.15, 0.2) is 0 Å². The zero-order chi connectivity index (χ0) is 13.5. The molecule has 1 atom stereocenters. The zero-order valence-electron chi connectivity index (χ0n) is 11.2. The summed E-state index contributed by atoms with van der Waals surface area (Å²) >= 11 is 1.67. The summed E-state index contributed by atoms with van der Waals surface area (Å²) in [7, 11) is 0. The van der Waals surface area contributed by atoms with Gasteiger partial charge in [0.25, 0.3) is 0 Å². The van der Waals surface area contributed by atoms with Gasteiger partial charge in [0, 0.05) is 29.8 Å². The Hall–Kier alpha value is -0.580. The molecule has 0 aromatic heterocycles. The van der Waals surface area contributed by atoms with Gasteiger partial charge in [0.2, 0.25) is 0 Å². The van der Waals surface area contributed by atoms with E-state index in [0.29, 0.717) is 12.6 Å². The maximum atomic E-state index is 13.3. The molecule has 0 spiro atoms. The highest BCUT2D eigenvalue weighted by Crippen LogP contribution is 2.25. The minimum absolute atomic E-state index is 0.188. The standard InChI is InChI=1S/C14H22FNOS/c1-10(2)16-7-12-6-13(15)4-5-14(12)18-9-11(3)8-17/h4-6,10-11,16-17H,7-9H2,1-3H3. The van der Waals surface area contributed by atoms with Crippen LogP contribution in [0, 0.1) is 11.7 Å². The van der Waals surface area contributed by atoms with Crippen molar-refractivity contribution in [1.29, 1.82) is 0 Å². The van der Waals surface area contributed by atoms with Crippen molar-refractivity contribution in [3.05, 3.63) is 29.6 Å². The predicted molar refractivity (Wildman–Crippen MR) is 75.3 cm³/mol. The van der Waals surface area contributed by atoms with E-state index in [4.69, 9.17) is 5.11 Å². The number of hydrogen-bond acceptors (Lipinski definition) is 3. The van der Waals surface area contributed by atoms with Gasteiger partial charge >= 0.3 is 0 Å². The lowest BCUT2D eigenvalue weighted by atomic mass is 10.2. The summed E-state index contributed by atoms with van der Waals surface area (Å²) in [4.78, 5) is 1.09. The lowest BCUT2D eigenvalue weighted by Gasteiger charge is -2.14. The summed E-state index contributed by atoms with van der Waals surface area (Å²) in [6.45, 7) is 7.00. The number of aliphatic hydroxyl groups excluding tert-OH is 1. The molecule has 0 bridgehead atoms. The second-order valence-electron chi connectivity index (χ2n) is 4.89. The maximum absolute atomic E-state index is 13.3. The van der Waals surface area contributed by atoms with Crippen LogP contribution in [-0.4, -0.2) is 23.5 Å². The Balaban J connectivity index is 2.69. The van der Waals surface area contributed by atoms with Gasteiger partial charge in [-0.25, -0.2) is 4.39 Å². The molecule has 2 N–H and O–H groups in total. The van der Waals surface area contributed by atoms with E-state index in [1.165, 1.54) is 6.07 Å². The number of rotatable bonds is 7. The number of benzene rings is 1. The van der Waals surface area contributed by atoms with Crippen LogP contribution in [0.5, 0.6) is 0 Å². The molecule has 0 radical (unpaired) electrons. The first-order valence-corrected chi connectivity index (χ1v) is 7.27. The number of aliphatic hydroxyl groups is 1. The minimum Gasteiger partial charge on any atom is -0.396 e. The van der Waals surface area contributed by atoms with Gasteiger partial charge in [-0.2, -0.15) is 0 Å². The van der Waals surface area contributed by atoms with Crippen molar-refractivity contribution in [1.82, 2.24) is 5.32 Å². The molecule has 0 aliphatic heterocycles. The highest BCUT2D eigenvalue weighted by Gasteiger charge is 2.08. The van der Waals surface area contributed by atoms with Gasteiger partial charge in [-0.05, 0) is 29.7 Å². The van der Waals surface area contributed by atoms with Crippen LogP contribution in [0.3, 0.4) is 0 Å². The summed E-state index contributed by atoms with van der Waals surface area (Å²) < 4.78 is 13.3. The second kappa shape index (κ2) is 7.77. The minimum atomic E-state index is -0.199. The number of halogens is 1. The molecule has 1 aromatic rings. The zero-order valence-corrected chi connectivity index (χ0v) is 12.1. The molecule has 1 aromatic carbocycles. The maximum Gasteiger partial charge on any atom is 0.123 e. The van der Waals surface area contributed by atoms with Gasteiger partial charge in [-0.1, -0.05) is 20.8 Å². The monoisotopic (exact) mass is 271 g/mol. The molecule has 0 aliphatic rings.